The Labute approximate surface area is 212 Å². The number of carbonyl (C=O) groups is 1. The third kappa shape index (κ3) is 5.28. The second-order valence-corrected chi connectivity index (χ2v) is 9.95. The molecule has 4 rings (SSSR count). The Morgan fingerprint density at radius 1 is 1.09 bits per heavy atom. The highest BCUT2D eigenvalue weighted by Crippen LogP contribution is 2.28. The Bertz CT molecular complexity index is 1330. The van der Waals surface area contributed by atoms with Gasteiger partial charge in [0.1, 0.15) is 12.4 Å². The highest BCUT2D eigenvalue weighted by molar-refractivity contribution is 9.10. The molecule has 1 amide bonds. The van der Waals surface area contributed by atoms with Crippen LogP contribution in [0.1, 0.15) is 29.4 Å². The first-order valence-corrected chi connectivity index (χ1v) is 12.9. The predicted octanol–water partition coefficient (Wildman–Crippen LogP) is 6.45. The maximum atomic E-state index is 12.6. The van der Waals surface area contributed by atoms with Crippen molar-refractivity contribution in [3.8, 4) is 5.75 Å². The zero-order chi connectivity index (χ0) is 24.2. The number of aryl methyl sites for hydroxylation is 3. The van der Waals surface area contributed by atoms with Crippen LogP contribution >= 0.6 is 27.7 Å². The highest BCUT2D eigenvalue weighted by Gasteiger charge is 2.15. The maximum Gasteiger partial charge on any atom is 0.234 e. The van der Waals surface area contributed by atoms with Crippen LogP contribution in [0.15, 0.2) is 58.2 Å². The van der Waals surface area contributed by atoms with Crippen LogP contribution in [0, 0.1) is 20.8 Å². The molecule has 1 aromatic heterocycles. The van der Waals surface area contributed by atoms with Crippen LogP contribution in [-0.2, 0) is 17.9 Å². The first kappa shape index (κ1) is 24.3. The molecular weight excluding hydrogens is 512 g/mol. The summed E-state index contributed by atoms with van der Waals surface area (Å²) in [6.45, 7) is 9.07. The van der Waals surface area contributed by atoms with Gasteiger partial charge in [-0.1, -0.05) is 58.0 Å². The second-order valence-electron chi connectivity index (χ2n) is 8.09. The van der Waals surface area contributed by atoms with E-state index in [4.69, 9.17) is 4.74 Å². The Morgan fingerprint density at radius 2 is 1.82 bits per heavy atom. The topological polar surface area (TPSA) is 69.0 Å². The number of fused-ring (bicyclic) bond motifs is 1. The molecule has 3 aromatic carbocycles. The minimum Gasteiger partial charge on any atom is -0.485 e. The number of halogens is 1. The molecule has 4 aromatic rings. The molecule has 34 heavy (non-hydrogen) atoms. The first-order valence-electron chi connectivity index (χ1n) is 11.1. The summed E-state index contributed by atoms with van der Waals surface area (Å²) >= 11 is 4.86. The van der Waals surface area contributed by atoms with Crippen molar-refractivity contribution in [2.24, 2.45) is 0 Å². The fourth-order valence-electron chi connectivity index (χ4n) is 3.97. The standard InChI is InChI=1S/C26H27BrN4O2S/c1-5-31-23(14-33-22-11-10-19-8-6-7-9-21(19)18(22)4)29-30-26(31)34-15-24(32)28-25-16(2)12-20(27)13-17(25)3/h6-13H,5,14-15H2,1-4H3,(H,28,32). The number of hydrogen-bond donors (Lipinski definition) is 1. The van der Waals surface area contributed by atoms with E-state index in [9.17, 15) is 4.79 Å². The van der Waals surface area contributed by atoms with Crippen molar-refractivity contribution in [1.29, 1.82) is 0 Å². The summed E-state index contributed by atoms with van der Waals surface area (Å²) in [5.41, 5.74) is 3.99. The predicted molar refractivity (Wildman–Crippen MR) is 142 cm³/mol. The van der Waals surface area contributed by atoms with Crippen LogP contribution in [-0.4, -0.2) is 26.4 Å². The van der Waals surface area contributed by atoms with Crippen LogP contribution < -0.4 is 10.1 Å². The summed E-state index contributed by atoms with van der Waals surface area (Å²) in [7, 11) is 0. The quantitative estimate of drug-likeness (QED) is 0.261. The van der Waals surface area contributed by atoms with Crippen molar-refractivity contribution in [1.82, 2.24) is 14.8 Å². The van der Waals surface area contributed by atoms with Crippen LogP contribution in [0.25, 0.3) is 10.8 Å². The Hall–Kier alpha value is -2.84. The fourth-order valence-corrected chi connectivity index (χ4v) is 5.48. The van der Waals surface area contributed by atoms with Crippen molar-refractivity contribution >= 4 is 50.1 Å². The van der Waals surface area contributed by atoms with Gasteiger partial charge in [-0.25, -0.2) is 0 Å². The molecule has 0 aliphatic heterocycles. The van der Waals surface area contributed by atoms with Crippen LogP contribution in [0.4, 0.5) is 5.69 Å². The number of aromatic nitrogens is 3. The van der Waals surface area contributed by atoms with E-state index >= 15 is 0 Å². The van der Waals surface area contributed by atoms with Crippen molar-refractivity contribution in [2.45, 2.75) is 46.0 Å². The third-order valence-corrected chi connectivity index (χ3v) is 7.13. The Morgan fingerprint density at radius 3 is 2.56 bits per heavy atom. The molecule has 0 saturated heterocycles. The molecule has 0 aliphatic rings. The summed E-state index contributed by atoms with van der Waals surface area (Å²) in [6.07, 6.45) is 0. The van der Waals surface area contributed by atoms with E-state index in [1.807, 2.05) is 55.7 Å². The van der Waals surface area contributed by atoms with E-state index in [1.165, 1.54) is 22.5 Å². The van der Waals surface area contributed by atoms with Gasteiger partial charge in [-0.15, -0.1) is 10.2 Å². The molecular formula is C26H27BrN4O2S. The zero-order valence-electron chi connectivity index (χ0n) is 19.7. The van der Waals surface area contributed by atoms with Gasteiger partial charge < -0.3 is 14.6 Å². The van der Waals surface area contributed by atoms with Crippen molar-refractivity contribution in [3.05, 3.63) is 75.5 Å². The van der Waals surface area contributed by atoms with Gasteiger partial charge in [0.2, 0.25) is 5.91 Å². The van der Waals surface area contributed by atoms with Gasteiger partial charge in [0.05, 0.1) is 5.75 Å². The monoisotopic (exact) mass is 538 g/mol. The molecule has 0 atom stereocenters. The lowest BCUT2D eigenvalue weighted by Crippen LogP contribution is -2.16. The van der Waals surface area contributed by atoms with Gasteiger partial charge in [0.15, 0.2) is 11.0 Å². The number of hydrogen-bond acceptors (Lipinski definition) is 5. The fraction of sp³-hybridized carbons (Fsp3) is 0.269. The lowest BCUT2D eigenvalue weighted by molar-refractivity contribution is -0.113. The van der Waals surface area contributed by atoms with Gasteiger partial charge in [-0.05, 0) is 73.4 Å². The van der Waals surface area contributed by atoms with Crippen LogP contribution in [0.3, 0.4) is 0 Å². The first-order chi connectivity index (χ1) is 16.4. The highest BCUT2D eigenvalue weighted by atomic mass is 79.9. The molecule has 6 nitrogen and oxygen atoms in total. The minimum atomic E-state index is -0.0752. The molecule has 0 radical (unpaired) electrons. The second kappa shape index (κ2) is 10.6. The zero-order valence-corrected chi connectivity index (χ0v) is 22.1. The molecule has 0 spiro atoms. The lowest BCUT2D eigenvalue weighted by Gasteiger charge is -2.13. The van der Waals surface area contributed by atoms with E-state index in [0.717, 1.165) is 38.4 Å². The Kier molecular flexibility index (Phi) is 7.58. The molecule has 1 N–H and O–H groups in total. The lowest BCUT2D eigenvalue weighted by atomic mass is 10.0. The van der Waals surface area contributed by atoms with Crippen molar-refractivity contribution in [2.75, 3.05) is 11.1 Å². The van der Waals surface area contributed by atoms with Crippen LogP contribution in [0.2, 0.25) is 0 Å². The van der Waals surface area contributed by atoms with Gasteiger partial charge >= 0.3 is 0 Å². The van der Waals surface area contributed by atoms with E-state index < -0.39 is 0 Å². The smallest absolute Gasteiger partial charge is 0.234 e. The summed E-state index contributed by atoms with van der Waals surface area (Å²) in [6, 6.07) is 16.3. The number of rotatable bonds is 8. The maximum absolute atomic E-state index is 12.6. The number of nitrogens with zero attached hydrogens (tertiary/aromatic N) is 3. The number of benzene rings is 3. The average Bonchev–Trinajstić information content (AvgIpc) is 3.21. The summed E-state index contributed by atoms with van der Waals surface area (Å²) in [5.74, 6) is 1.74. The number of nitrogens with one attached hydrogen (secondary N) is 1. The number of ether oxygens (including phenoxy) is 1. The van der Waals surface area contributed by atoms with E-state index in [1.54, 1.807) is 0 Å². The molecule has 0 bridgehead atoms. The van der Waals surface area contributed by atoms with E-state index in [-0.39, 0.29) is 11.7 Å². The largest absolute Gasteiger partial charge is 0.485 e. The van der Waals surface area contributed by atoms with Crippen molar-refractivity contribution in [3.63, 3.8) is 0 Å². The number of carbonyl (C=O) groups excluding carboxylic acids is 1. The molecule has 0 unspecified atom stereocenters. The number of thioether (sulfide) groups is 1. The van der Waals surface area contributed by atoms with E-state index in [0.29, 0.717) is 18.3 Å². The summed E-state index contributed by atoms with van der Waals surface area (Å²) in [5, 5.41) is 14.7. The number of anilines is 1. The van der Waals surface area contributed by atoms with E-state index in [2.05, 4.69) is 56.6 Å². The van der Waals surface area contributed by atoms with Crippen molar-refractivity contribution < 1.29 is 9.53 Å². The molecule has 1 heterocycles. The molecule has 176 valence electrons. The molecule has 0 saturated carbocycles. The van der Waals surface area contributed by atoms with Gasteiger partial charge in [-0.3, -0.25) is 4.79 Å². The van der Waals surface area contributed by atoms with Gasteiger partial charge in [0, 0.05) is 16.7 Å². The number of amides is 1. The normalized spacial score (nSPS) is 11.1. The SMILES string of the molecule is CCn1c(COc2ccc3ccccc3c2C)nnc1SCC(=O)Nc1c(C)cc(Br)cc1C. The van der Waals surface area contributed by atoms with Crippen LogP contribution in [0.5, 0.6) is 5.75 Å². The van der Waals surface area contributed by atoms with Gasteiger partial charge in [0.25, 0.3) is 0 Å². The Balaban J connectivity index is 1.41. The average molecular weight is 539 g/mol. The molecule has 0 aliphatic carbocycles. The van der Waals surface area contributed by atoms with Gasteiger partial charge in [-0.2, -0.15) is 0 Å². The third-order valence-electron chi connectivity index (χ3n) is 5.71. The molecule has 8 heteroatoms. The molecule has 0 fully saturated rings. The summed E-state index contributed by atoms with van der Waals surface area (Å²) in [4.78, 5) is 12.6. The summed E-state index contributed by atoms with van der Waals surface area (Å²) < 4.78 is 9.10. The minimum absolute atomic E-state index is 0.0752.